The summed E-state index contributed by atoms with van der Waals surface area (Å²) in [7, 11) is -1.41. The van der Waals surface area contributed by atoms with Crippen molar-refractivity contribution >= 4 is 16.5 Å². The van der Waals surface area contributed by atoms with Gasteiger partial charge in [-0.15, -0.1) is 0 Å². The van der Waals surface area contributed by atoms with Gasteiger partial charge in [0.05, 0.1) is 33.1 Å². The normalized spacial score (nSPS) is 11.8. The van der Waals surface area contributed by atoms with Crippen LogP contribution < -0.4 is 5.73 Å². The molecule has 5 heteroatoms. The molecule has 2 aromatic rings. The van der Waals surface area contributed by atoms with Crippen LogP contribution in [0.1, 0.15) is 11.1 Å². The van der Waals surface area contributed by atoms with Crippen LogP contribution >= 0.6 is 0 Å². The predicted molar refractivity (Wildman–Crippen MR) is 72.1 cm³/mol. The zero-order valence-corrected chi connectivity index (χ0v) is 10.8. The van der Waals surface area contributed by atoms with Gasteiger partial charge in [0.25, 0.3) is 0 Å². The standard InChI is InChI=1S/C14H11FN2OS/c15-12-5-6-13(17)14(7-12)19(18)9-11-3-1-10(8-16)2-4-11/h1-7H,9,17H2. The topological polar surface area (TPSA) is 66.9 Å². The van der Waals surface area contributed by atoms with Crippen molar-refractivity contribution in [2.75, 3.05) is 5.73 Å². The van der Waals surface area contributed by atoms with Crippen LogP contribution in [0.3, 0.4) is 0 Å². The largest absolute Gasteiger partial charge is 0.398 e. The Kier molecular flexibility index (Phi) is 3.93. The van der Waals surface area contributed by atoms with Crippen molar-refractivity contribution in [2.24, 2.45) is 0 Å². The molecule has 0 fully saturated rings. The summed E-state index contributed by atoms with van der Waals surface area (Å²) in [5.41, 5.74) is 7.35. The van der Waals surface area contributed by atoms with E-state index in [1.165, 1.54) is 18.2 Å². The highest BCUT2D eigenvalue weighted by Crippen LogP contribution is 2.20. The van der Waals surface area contributed by atoms with Crippen LogP contribution in [0.2, 0.25) is 0 Å². The molecule has 0 radical (unpaired) electrons. The van der Waals surface area contributed by atoms with Crippen molar-refractivity contribution in [1.82, 2.24) is 0 Å². The summed E-state index contributed by atoms with van der Waals surface area (Å²) in [6.07, 6.45) is 0. The van der Waals surface area contributed by atoms with Crippen molar-refractivity contribution in [2.45, 2.75) is 10.6 Å². The van der Waals surface area contributed by atoms with E-state index >= 15 is 0 Å². The van der Waals surface area contributed by atoms with Gasteiger partial charge in [0.1, 0.15) is 5.82 Å². The maximum absolute atomic E-state index is 13.1. The number of hydrogen-bond donors (Lipinski definition) is 1. The second-order valence-electron chi connectivity index (χ2n) is 3.98. The molecule has 2 N–H and O–H groups in total. The summed E-state index contributed by atoms with van der Waals surface area (Å²) in [5.74, 6) is -0.225. The van der Waals surface area contributed by atoms with Gasteiger partial charge in [-0.05, 0) is 35.9 Å². The molecule has 0 amide bonds. The molecule has 0 saturated carbocycles. The lowest BCUT2D eigenvalue weighted by molar-refractivity contribution is 0.623. The Morgan fingerprint density at radius 1 is 1.21 bits per heavy atom. The fraction of sp³-hybridized carbons (Fsp3) is 0.0714. The average Bonchev–Trinajstić information content (AvgIpc) is 2.42. The minimum atomic E-state index is -1.41. The SMILES string of the molecule is N#Cc1ccc(CS(=O)c2cc(F)ccc2N)cc1. The molecule has 2 aromatic carbocycles. The Bertz CT molecular complexity index is 662. The molecule has 0 heterocycles. The molecule has 19 heavy (non-hydrogen) atoms. The molecule has 0 spiro atoms. The lowest BCUT2D eigenvalue weighted by Gasteiger charge is -2.06. The van der Waals surface area contributed by atoms with Crippen LogP contribution in [0.25, 0.3) is 0 Å². The van der Waals surface area contributed by atoms with Gasteiger partial charge in [-0.3, -0.25) is 4.21 Å². The summed E-state index contributed by atoms with van der Waals surface area (Å²) in [4.78, 5) is 0.296. The summed E-state index contributed by atoms with van der Waals surface area (Å²) in [5, 5.41) is 8.69. The number of halogens is 1. The number of nitriles is 1. The molecular formula is C14H11FN2OS. The van der Waals surface area contributed by atoms with Gasteiger partial charge in [0, 0.05) is 5.69 Å². The highest BCUT2D eigenvalue weighted by Gasteiger charge is 2.10. The van der Waals surface area contributed by atoms with Crippen molar-refractivity contribution in [3.63, 3.8) is 0 Å². The lowest BCUT2D eigenvalue weighted by Crippen LogP contribution is -2.01. The van der Waals surface area contributed by atoms with Gasteiger partial charge in [-0.1, -0.05) is 12.1 Å². The van der Waals surface area contributed by atoms with Gasteiger partial charge in [0.2, 0.25) is 0 Å². The van der Waals surface area contributed by atoms with Crippen LogP contribution in [0.15, 0.2) is 47.4 Å². The minimum Gasteiger partial charge on any atom is -0.398 e. The maximum Gasteiger partial charge on any atom is 0.124 e. The van der Waals surface area contributed by atoms with Crippen molar-refractivity contribution in [1.29, 1.82) is 5.26 Å². The average molecular weight is 274 g/mol. The first-order valence-electron chi connectivity index (χ1n) is 5.52. The second-order valence-corrected chi connectivity index (χ2v) is 5.40. The van der Waals surface area contributed by atoms with Crippen LogP contribution in [0.4, 0.5) is 10.1 Å². The fourth-order valence-electron chi connectivity index (χ4n) is 1.61. The molecule has 0 aromatic heterocycles. The van der Waals surface area contributed by atoms with E-state index in [9.17, 15) is 8.60 Å². The third-order valence-corrected chi connectivity index (χ3v) is 4.04. The number of nitrogens with two attached hydrogens (primary N) is 1. The number of rotatable bonds is 3. The van der Waals surface area contributed by atoms with Crippen LogP contribution in [0, 0.1) is 17.1 Å². The molecule has 1 atom stereocenters. The zero-order chi connectivity index (χ0) is 13.8. The molecule has 0 bridgehead atoms. The fourth-order valence-corrected chi connectivity index (χ4v) is 2.84. The van der Waals surface area contributed by atoms with E-state index in [1.807, 2.05) is 6.07 Å². The van der Waals surface area contributed by atoms with Crippen LogP contribution in [-0.2, 0) is 16.6 Å². The Balaban J connectivity index is 2.21. The van der Waals surface area contributed by atoms with E-state index in [0.29, 0.717) is 16.1 Å². The summed E-state index contributed by atoms with van der Waals surface area (Å²) >= 11 is 0. The third kappa shape index (κ3) is 3.18. The molecule has 0 saturated heterocycles. The summed E-state index contributed by atoms with van der Waals surface area (Å²) in [6.45, 7) is 0. The third-order valence-electron chi connectivity index (χ3n) is 2.60. The predicted octanol–water partition coefficient (Wildman–Crippen LogP) is 2.59. The number of nitrogen functional groups attached to an aromatic ring is 1. The van der Waals surface area contributed by atoms with E-state index in [4.69, 9.17) is 11.0 Å². The molecule has 1 unspecified atom stereocenters. The molecule has 2 rings (SSSR count). The molecule has 0 aliphatic carbocycles. The maximum atomic E-state index is 13.1. The Hall–Kier alpha value is -2.19. The highest BCUT2D eigenvalue weighted by atomic mass is 32.2. The summed E-state index contributed by atoms with van der Waals surface area (Å²) in [6, 6.07) is 12.6. The number of nitrogens with zero attached hydrogens (tertiary/aromatic N) is 1. The quantitative estimate of drug-likeness (QED) is 0.875. The van der Waals surface area contributed by atoms with E-state index in [0.717, 1.165) is 5.56 Å². The van der Waals surface area contributed by atoms with Gasteiger partial charge in [0.15, 0.2) is 0 Å². The van der Waals surface area contributed by atoms with Crippen molar-refractivity contribution < 1.29 is 8.60 Å². The monoisotopic (exact) mass is 274 g/mol. The Morgan fingerprint density at radius 3 is 2.53 bits per heavy atom. The van der Waals surface area contributed by atoms with E-state index < -0.39 is 16.6 Å². The Labute approximate surface area is 112 Å². The molecule has 96 valence electrons. The second kappa shape index (κ2) is 5.63. The van der Waals surface area contributed by atoms with E-state index in [1.54, 1.807) is 24.3 Å². The van der Waals surface area contributed by atoms with Gasteiger partial charge in [-0.25, -0.2) is 4.39 Å². The van der Waals surface area contributed by atoms with Crippen LogP contribution in [0.5, 0.6) is 0 Å². The van der Waals surface area contributed by atoms with Gasteiger partial charge in [-0.2, -0.15) is 5.26 Å². The summed E-state index contributed by atoms with van der Waals surface area (Å²) < 4.78 is 25.3. The van der Waals surface area contributed by atoms with Crippen molar-refractivity contribution in [3.05, 3.63) is 59.4 Å². The Morgan fingerprint density at radius 2 is 1.89 bits per heavy atom. The first-order valence-corrected chi connectivity index (χ1v) is 6.84. The highest BCUT2D eigenvalue weighted by molar-refractivity contribution is 7.84. The molecule has 0 aliphatic rings. The minimum absolute atomic E-state index is 0.235. The van der Waals surface area contributed by atoms with E-state index in [2.05, 4.69) is 0 Å². The molecular weight excluding hydrogens is 263 g/mol. The zero-order valence-electron chi connectivity index (χ0n) is 9.97. The molecule has 3 nitrogen and oxygen atoms in total. The molecule has 0 aliphatic heterocycles. The van der Waals surface area contributed by atoms with Gasteiger partial charge >= 0.3 is 0 Å². The lowest BCUT2D eigenvalue weighted by atomic mass is 10.2. The number of anilines is 1. The first kappa shape index (κ1) is 13.2. The number of benzene rings is 2. The smallest absolute Gasteiger partial charge is 0.124 e. The van der Waals surface area contributed by atoms with Gasteiger partial charge < -0.3 is 5.73 Å². The first-order chi connectivity index (χ1) is 9.10. The van der Waals surface area contributed by atoms with E-state index in [-0.39, 0.29) is 5.75 Å². The van der Waals surface area contributed by atoms with Crippen LogP contribution in [-0.4, -0.2) is 4.21 Å². The number of hydrogen-bond acceptors (Lipinski definition) is 3. The van der Waals surface area contributed by atoms with Crippen molar-refractivity contribution in [3.8, 4) is 6.07 Å².